The van der Waals surface area contributed by atoms with E-state index in [1.54, 1.807) is 7.05 Å². The van der Waals surface area contributed by atoms with E-state index in [0.29, 0.717) is 19.4 Å². The van der Waals surface area contributed by atoms with E-state index in [0.717, 1.165) is 5.56 Å². The van der Waals surface area contributed by atoms with Gasteiger partial charge in [0.25, 0.3) is 10.2 Å². The van der Waals surface area contributed by atoms with Crippen LogP contribution in [0.15, 0.2) is 30.3 Å². The predicted molar refractivity (Wildman–Crippen MR) is 69.0 cm³/mol. The van der Waals surface area contributed by atoms with Crippen molar-refractivity contribution in [3.05, 3.63) is 35.9 Å². The summed E-state index contributed by atoms with van der Waals surface area (Å²) in [7, 11) is -1.92. The van der Waals surface area contributed by atoms with Crippen LogP contribution in [0.4, 0.5) is 0 Å². The smallest absolute Gasteiger partial charge is 0.279 e. The van der Waals surface area contributed by atoms with Crippen LogP contribution in [0.3, 0.4) is 0 Å². The van der Waals surface area contributed by atoms with E-state index in [1.807, 2.05) is 30.3 Å². The van der Waals surface area contributed by atoms with Gasteiger partial charge in [0.15, 0.2) is 0 Å². The van der Waals surface area contributed by atoms with Crippen molar-refractivity contribution in [3.63, 3.8) is 0 Å². The molecule has 0 bridgehead atoms. The van der Waals surface area contributed by atoms with Gasteiger partial charge in [-0.3, -0.25) is 0 Å². The fourth-order valence-electron chi connectivity index (χ4n) is 1.91. The van der Waals surface area contributed by atoms with E-state index < -0.39 is 10.2 Å². The highest BCUT2D eigenvalue weighted by Crippen LogP contribution is 2.20. The lowest BCUT2D eigenvalue weighted by molar-refractivity contribution is 0.0706. The summed E-state index contributed by atoms with van der Waals surface area (Å²) >= 11 is 0. The molecule has 1 fully saturated rings. The molecule has 1 aliphatic carbocycles. The van der Waals surface area contributed by atoms with Gasteiger partial charge in [-0.1, -0.05) is 30.3 Å². The van der Waals surface area contributed by atoms with Gasteiger partial charge in [0.1, 0.15) is 0 Å². The summed E-state index contributed by atoms with van der Waals surface area (Å²) in [6.45, 7) is 0.339. The van der Waals surface area contributed by atoms with Crippen LogP contribution in [0.1, 0.15) is 18.4 Å². The Morgan fingerprint density at radius 1 is 1.33 bits per heavy atom. The molecule has 1 aliphatic rings. The van der Waals surface area contributed by atoms with Gasteiger partial charge in [0, 0.05) is 19.6 Å². The van der Waals surface area contributed by atoms with E-state index in [4.69, 9.17) is 5.11 Å². The standard InChI is InChI=1S/C12H18N2O3S/c1-14(9-10-5-3-2-4-6-10)18(16,17)13-11-7-12(15)8-11/h2-6,11-13,15H,7-9H2,1H3. The monoisotopic (exact) mass is 270 g/mol. The molecular formula is C12H18N2O3S. The van der Waals surface area contributed by atoms with Gasteiger partial charge in [-0.05, 0) is 18.4 Å². The van der Waals surface area contributed by atoms with Crippen LogP contribution in [-0.4, -0.2) is 37.0 Å². The number of aliphatic hydroxyl groups is 1. The van der Waals surface area contributed by atoms with Gasteiger partial charge in [-0.15, -0.1) is 0 Å². The molecule has 2 rings (SSSR count). The Labute approximate surface area is 108 Å². The number of hydrogen-bond acceptors (Lipinski definition) is 3. The van der Waals surface area contributed by atoms with E-state index >= 15 is 0 Å². The predicted octanol–water partition coefficient (Wildman–Crippen LogP) is 0.476. The molecule has 0 atom stereocenters. The zero-order chi connectivity index (χ0) is 13.2. The van der Waals surface area contributed by atoms with Crippen molar-refractivity contribution >= 4 is 10.2 Å². The molecule has 0 aliphatic heterocycles. The van der Waals surface area contributed by atoms with Crippen LogP contribution in [0.2, 0.25) is 0 Å². The number of nitrogens with one attached hydrogen (secondary N) is 1. The fraction of sp³-hybridized carbons (Fsp3) is 0.500. The van der Waals surface area contributed by atoms with E-state index in [9.17, 15) is 8.42 Å². The Balaban J connectivity index is 1.93. The molecule has 0 aromatic heterocycles. The summed E-state index contributed by atoms with van der Waals surface area (Å²) in [5.74, 6) is 0. The van der Waals surface area contributed by atoms with Crippen LogP contribution in [-0.2, 0) is 16.8 Å². The number of aliphatic hydroxyl groups excluding tert-OH is 1. The molecule has 2 N–H and O–H groups in total. The molecular weight excluding hydrogens is 252 g/mol. The summed E-state index contributed by atoms with van der Waals surface area (Å²) in [4.78, 5) is 0. The lowest BCUT2D eigenvalue weighted by atomic mass is 9.91. The molecule has 18 heavy (non-hydrogen) atoms. The minimum atomic E-state index is -3.47. The highest BCUT2D eigenvalue weighted by molar-refractivity contribution is 7.87. The highest BCUT2D eigenvalue weighted by Gasteiger charge is 2.32. The summed E-state index contributed by atoms with van der Waals surface area (Å²) < 4.78 is 27.8. The van der Waals surface area contributed by atoms with Crippen molar-refractivity contribution in [1.29, 1.82) is 0 Å². The van der Waals surface area contributed by atoms with Crippen molar-refractivity contribution in [2.45, 2.75) is 31.5 Å². The Hall–Kier alpha value is -0.950. The van der Waals surface area contributed by atoms with Crippen molar-refractivity contribution < 1.29 is 13.5 Å². The van der Waals surface area contributed by atoms with Crippen LogP contribution in [0.5, 0.6) is 0 Å². The van der Waals surface area contributed by atoms with E-state index in [-0.39, 0.29) is 12.1 Å². The minimum Gasteiger partial charge on any atom is -0.393 e. The fourth-order valence-corrected chi connectivity index (χ4v) is 3.02. The highest BCUT2D eigenvalue weighted by atomic mass is 32.2. The zero-order valence-electron chi connectivity index (χ0n) is 10.3. The average Bonchev–Trinajstić information content (AvgIpc) is 2.28. The molecule has 100 valence electrons. The third kappa shape index (κ3) is 3.29. The zero-order valence-corrected chi connectivity index (χ0v) is 11.1. The molecule has 1 aromatic carbocycles. The van der Waals surface area contributed by atoms with Gasteiger partial charge in [-0.2, -0.15) is 17.4 Å². The Morgan fingerprint density at radius 2 is 1.94 bits per heavy atom. The number of nitrogens with zero attached hydrogens (tertiary/aromatic N) is 1. The first-order valence-corrected chi connectivity index (χ1v) is 7.37. The van der Waals surface area contributed by atoms with Crippen LogP contribution in [0.25, 0.3) is 0 Å². The molecule has 6 heteroatoms. The van der Waals surface area contributed by atoms with Gasteiger partial charge < -0.3 is 5.11 Å². The lowest BCUT2D eigenvalue weighted by Gasteiger charge is -2.33. The second kappa shape index (κ2) is 5.36. The van der Waals surface area contributed by atoms with Crippen molar-refractivity contribution in [2.75, 3.05) is 7.05 Å². The van der Waals surface area contributed by atoms with Gasteiger partial charge in [0.05, 0.1) is 6.10 Å². The molecule has 5 nitrogen and oxygen atoms in total. The average molecular weight is 270 g/mol. The summed E-state index contributed by atoms with van der Waals surface area (Å²) in [5.41, 5.74) is 0.944. The Bertz CT molecular complexity index is 483. The number of rotatable bonds is 5. The maximum atomic E-state index is 12.0. The first-order valence-electron chi connectivity index (χ1n) is 5.93. The molecule has 0 unspecified atom stereocenters. The maximum Gasteiger partial charge on any atom is 0.279 e. The van der Waals surface area contributed by atoms with Crippen molar-refractivity contribution in [3.8, 4) is 0 Å². The third-order valence-electron chi connectivity index (χ3n) is 3.09. The molecule has 1 aromatic rings. The summed E-state index contributed by atoms with van der Waals surface area (Å²) in [6, 6.07) is 9.30. The topological polar surface area (TPSA) is 69.6 Å². The lowest BCUT2D eigenvalue weighted by Crippen LogP contribution is -2.50. The van der Waals surface area contributed by atoms with Gasteiger partial charge in [0.2, 0.25) is 0 Å². The van der Waals surface area contributed by atoms with Crippen molar-refractivity contribution in [2.24, 2.45) is 0 Å². The quantitative estimate of drug-likeness (QED) is 0.817. The SMILES string of the molecule is CN(Cc1ccccc1)S(=O)(=O)NC1CC(O)C1. The van der Waals surface area contributed by atoms with E-state index in [2.05, 4.69) is 4.72 Å². The molecule has 1 saturated carbocycles. The normalized spacial score (nSPS) is 23.9. The second-order valence-corrected chi connectivity index (χ2v) is 6.50. The van der Waals surface area contributed by atoms with E-state index in [1.165, 1.54) is 4.31 Å². The van der Waals surface area contributed by atoms with Crippen LogP contribution >= 0.6 is 0 Å². The van der Waals surface area contributed by atoms with Crippen LogP contribution < -0.4 is 4.72 Å². The molecule has 0 amide bonds. The second-order valence-electron chi connectivity index (χ2n) is 4.69. The van der Waals surface area contributed by atoms with Gasteiger partial charge in [-0.25, -0.2) is 0 Å². The summed E-state index contributed by atoms with van der Waals surface area (Å²) in [6.07, 6.45) is 0.633. The molecule has 0 saturated heterocycles. The largest absolute Gasteiger partial charge is 0.393 e. The Morgan fingerprint density at radius 3 is 2.50 bits per heavy atom. The van der Waals surface area contributed by atoms with Crippen molar-refractivity contribution in [1.82, 2.24) is 9.03 Å². The van der Waals surface area contributed by atoms with Gasteiger partial charge >= 0.3 is 0 Å². The number of benzene rings is 1. The van der Waals surface area contributed by atoms with Crippen LogP contribution in [0, 0.1) is 0 Å². The molecule has 0 radical (unpaired) electrons. The first kappa shape index (κ1) is 13.5. The first-order chi connectivity index (χ1) is 8.47. The summed E-state index contributed by atoms with van der Waals surface area (Å²) in [5, 5.41) is 9.14. The molecule has 0 spiro atoms. The molecule has 0 heterocycles. The Kier molecular flexibility index (Phi) is 4.01. The third-order valence-corrected chi connectivity index (χ3v) is 4.67. The minimum absolute atomic E-state index is 0.136. The number of hydrogen-bond donors (Lipinski definition) is 2. The maximum absolute atomic E-state index is 12.0.